The van der Waals surface area contributed by atoms with Crippen molar-refractivity contribution in [1.82, 2.24) is 20.2 Å². The van der Waals surface area contributed by atoms with E-state index in [0.717, 1.165) is 10.2 Å². The maximum Gasteiger partial charge on any atom is 0.261 e. The smallest absolute Gasteiger partial charge is 0.261 e. The van der Waals surface area contributed by atoms with Crippen LogP contribution in [0, 0.1) is 6.92 Å². The van der Waals surface area contributed by atoms with Gasteiger partial charge < -0.3 is 4.74 Å². The van der Waals surface area contributed by atoms with Crippen molar-refractivity contribution in [3.05, 3.63) is 70.0 Å². The zero-order chi connectivity index (χ0) is 20.8. The van der Waals surface area contributed by atoms with Crippen LogP contribution in [-0.4, -0.2) is 33.0 Å². The van der Waals surface area contributed by atoms with Crippen LogP contribution >= 0.6 is 39.9 Å². The summed E-state index contributed by atoms with van der Waals surface area (Å²) in [7, 11) is 1.51. The summed E-state index contributed by atoms with van der Waals surface area (Å²) >= 11 is 10.2. The van der Waals surface area contributed by atoms with E-state index in [1.807, 2.05) is 30.3 Å². The Morgan fingerprint density at radius 3 is 2.72 bits per heavy atom. The Hall–Kier alpha value is -2.43. The number of thiocarbonyl (C=S) groups is 1. The van der Waals surface area contributed by atoms with Gasteiger partial charge in [-0.2, -0.15) is 0 Å². The molecule has 150 valence electrons. The molecule has 0 fully saturated rings. The third kappa shape index (κ3) is 5.55. The number of aromatic nitrogens is 3. The van der Waals surface area contributed by atoms with Crippen molar-refractivity contribution in [1.29, 1.82) is 0 Å². The second kappa shape index (κ2) is 9.86. The number of ether oxygens (including phenoxy) is 1. The number of carbonyl (C=O) groups excluding carboxylic acids is 1. The van der Waals surface area contributed by atoms with Gasteiger partial charge in [0.25, 0.3) is 5.91 Å². The van der Waals surface area contributed by atoms with E-state index < -0.39 is 0 Å². The van der Waals surface area contributed by atoms with Gasteiger partial charge in [0.1, 0.15) is 11.6 Å². The number of halogens is 1. The molecule has 3 rings (SSSR count). The van der Waals surface area contributed by atoms with Gasteiger partial charge in [-0.3, -0.25) is 15.5 Å². The van der Waals surface area contributed by atoms with E-state index in [1.165, 1.54) is 24.4 Å². The number of amides is 1. The molecule has 1 amide bonds. The SMILES string of the molecule is COc1ccc(Br)cc1C(=O)NC(=S)Nn1c(C)nnc1SCc1ccccc1. The predicted octanol–water partition coefficient (Wildman–Crippen LogP) is 3.91. The van der Waals surface area contributed by atoms with E-state index in [-0.39, 0.29) is 11.0 Å². The van der Waals surface area contributed by atoms with E-state index in [4.69, 9.17) is 17.0 Å². The molecule has 0 saturated carbocycles. The Morgan fingerprint density at radius 2 is 2.00 bits per heavy atom. The van der Waals surface area contributed by atoms with Crippen LogP contribution in [0.2, 0.25) is 0 Å². The highest BCUT2D eigenvalue weighted by molar-refractivity contribution is 9.10. The zero-order valence-electron chi connectivity index (χ0n) is 15.7. The van der Waals surface area contributed by atoms with Gasteiger partial charge in [-0.25, -0.2) is 4.68 Å². The molecule has 2 N–H and O–H groups in total. The highest BCUT2D eigenvalue weighted by atomic mass is 79.9. The number of hydrogen-bond acceptors (Lipinski definition) is 6. The number of rotatable bonds is 6. The van der Waals surface area contributed by atoms with Gasteiger partial charge in [0.2, 0.25) is 5.16 Å². The molecular formula is C19H18BrN5O2S2. The number of hydrogen-bond donors (Lipinski definition) is 2. The molecule has 0 saturated heterocycles. The highest BCUT2D eigenvalue weighted by Crippen LogP contribution is 2.23. The number of aryl methyl sites for hydroxylation is 1. The summed E-state index contributed by atoms with van der Waals surface area (Å²) in [5.41, 5.74) is 4.50. The van der Waals surface area contributed by atoms with E-state index in [2.05, 4.69) is 36.9 Å². The van der Waals surface area contributed by atoms with Crippen molar-refractivity contribution >= 4 is 50.9 Å². The van der Waals surface area contributed by atoms with Gasteiger partial charge in [-0.05, 0) is 42.9 Å². The van der Waals surface area contributed by atoms with E-state index in [1.54, 1.807) is 29.8 Å². The van der Waals surface area contributed by atoms with E-state index >= 15 is 0 Å². The lowest BCUT2D eigenvalue weighted by atomic mass is 10.2. The number of nitrogens with zero attached hydrogens (tertiary/aromatic N) is 3. The van der Waals surface area contributed by atoms with E-state index in [9.17, 15) is 4.79 Å². The minimum atomic E-state index is -0.384. The van der Waals surface area contributed by atoms with Gasteiger partial charge in [0.15, 0.2) is 5.11 Å². The van der Waals surface area contributed by atoms with Crippen molar-refractivity contribution in [3.63, 3.8) is 0 Å². The maximum atomic E-state index is 12.6. The summed E-state index contributed by atoms with van der Waals surface area (Å²) < 4.78 is 7.66. The van der Waals surface area contributed by atoms with Crippen molar-refractivity contribution in [2.45, 2.75) is 17.8 Å². The molecule has 10 heteroatoms. The summed E-state index contributed by atoms with van der Waals surface area (Å²) in [6.07, 6.45) is 0. The molecule has 0 atom stereocenters. The van der Waals surface area contributed by atoms with Gasteiger partial charge in [0.05, 0.1) is 12.7 Å². The lowest BCUT2D eigenvalue weighted by Crippen LogP contribution is -2.38. The molecule has 0 spiro atoms. The number of nitrogens with one attached hydrogen (secondary N) is 2. The third-order valence-electron chi connectivity index (χ3n) is 3.85. The molecule has 0 unspecified atom stereocenters. The molecule has 1 aromatic heterocycles. The zero-order valence-corrected chi connectivity index (χ0v) is 18.9. The van der Waals surface area contributed by atoms with Crippen LogP contribution in [0.15, 0.2) is 58.2 Å². The normalized spacial score (nSPS) is 10.4. The van der Waals surface area contributed by atoms with Crippen LogP contribution in [-0.2, 0) is 5.75 Å². The monoisotopic (exact) mass is 491 g/mol. The molecule has 1 heterocycles. The molecule has 0 aliphatic rings. The molecule has 0 bridgehead atoms. The van der Waals surface area contributed by atoms with Crippen molar-refractivity contribution in [3.8, 4) is 5.75 Å². The summed E-state index contributed by atoms with van der Waals surface area (Å²) in [6, 6.07) is 15.2. The van der Waals surface area contributed by atoms with Gasteiger partial charge >= 0.3 is 0 Å². The quantitative estimate of drug-likeness (QED) is 0.399. The number of benzene rings is 2. The summed E-state index contributed by atoms with van der Waals surface area (Å²) in [6.45, 7) is 1.80. The van der Waals surface area contributed by atoms with Gasteiger partial charge in [0, 0.05) is 10.2 Å². The first-order valence-corrected chi connectivity index (χ1v) is 10.7. The second-order valence-corrected chi connectivity index (χ2v) is 8.15. The average molecular weight is 492 g/mol. The van der Waals surface area contributed by atoms with Crippen molar-refractivity contribution < 1.29 is 9.53 Å². The number of methoxy groups -OCH3 is 1. The van der Waals surface area contributed by atoms with Crippen LogP contribution < -0.4 is 15.5 Å². The largest absolute Gasteiger partial charge is 0.496 e. The minimum Gasteiger partial charge on any atom is -0.496 e. The summed E-state index contributed by atoms with van der Waals surface area (Å²) in [5.74, 6) is 1.42. The topological polar surface area (TPSA) is 81.1 Å². The van der Waals surface area contributed by atoms with E-state index in [0.29, 0.717) is 22.3 Å². The Labute approximate surface area is 186 Å². The van der Waals surface area contributed by atoms with Crippen LogP contribution in [0.1, 0.15) is 21.7 Å². The molecule has 2 aromatic carbocycles. The lowest BCUT2D eigenvalue weighted by molar-refractivity contribution is 0.0974. The molecule has 7 nitrogen and oxygen atoms in total. The fraction of sp³-hybridized carbons (Fsp3) is 0.158. The molecule has 3 aromatic rings. The maximum absolute atomic E-state index is 12.6. The minimum absolute atomic E-state index is 0.126. The molecule has 29 heavy (non-hydrogen) atoms. The van der Waals surface area contributed by atoms with Crippen LogP contribution in [0.25, 0.3) is 0 Å². The first kappa shape index (κ1) is 21.3. The Bertz CT molecular complexity index is 1030. The molecular weight excluding hydrogens is 474 g/mol. The molecule has 0 aliphatic carbocycles. The first-order valence-electron chi connectivity index (χ1n) is 8.52. The lowest BCUT2D eigenvalue weighted by Gasteiger charge is -2.14. The standard InChI is InChI=1S/C19H18BrN5O2S2/c1-12-22-23-19(29-11-13-6-4-3-5-7-13)25(12)24-18(28)21-17(26)15-10-14(20)8-9-16(15)27-2/h3-10H,11H2,1-2H3,(H2,21,24,26,28). The van der Waals surface area contributed by atoms with Crippen LogP contribution in [0.5, 0.6) is 5.75 Å². The van der Waals surface area contributed by atoms with Gasteiger partial charge in [-0.1, -0.05) is 58.0 Å². The van der Waals surface area contributed by atoms with Gasteiger partial charge in [-0.15, -0.1) is 10.2 Å². The molecule has 0 aliphatic heterocycles. The number of thioether (sulfide) groups is 1. The van der Waals surface area contributed by atoms with Crippen molar-refractivity contribution in [2.24, 2.45) is 0 Å². The predicted molar refractivity (Wildman–Crippen MR) is 121 cm³/mol. The van der Waals surface area contributed by atoms with Crippen molar-refractivity contribution in [2.75, 3.05) is 12.5 Å². The Morgan fingerprint density at radius 1 is 1.24 bits per heavy atom. The van der Waals surface area contributed by atoms with Crippen LogP contribution in [0.4, 0.5) is 0 Å². The summed E-state index contributed by atoms with van der Waals surface area (Å²) in [5, 5.41) is 11.7. The highest BCUT2D eigenvalue weighted by Gasteiger charge is 2.16. The Balaban J connectivity index is 1.67. The fourth-order valence-corrected chi connectivity index (χ4v) is 3.88. The van der Waals surface area contributed by atoms with Crippen LogP contribution in [0.3, 0.4) is 0 Å². The number of carbonyl (C=O) groups is 1. The average Bonchev–Trinajstić information content (AvgIpc) is 3.06. The first-order chi connectivity index (χ1) is 14.0. The Kier molecular flexibility index (Phi) is 7.24. The second-order valence-electron chi connectivity index (χ2n) is 5.88. The third-order valence-corrected chi connectivity index (χ3v) is 5.54. The molecule has 0 radical (unpaired) electrons. The fourth-order valence-electron chi connectivity index (χ4n) is 2.44. The summed E-state index contributed by atoms with van der Waals surface area (Å²) in [4.78, 5) is 12.6.